The summed E-state index contributed by atoms with van der Waals surface area (Å²) >= 11 is 0. The molecule has 110 valence electrons. The molecule has 0 aliphatic carbocycles. The lowest BCUT2D eigenvalue weighted by molar-refractivity contribution is -0.119. The molecule has 0 radical (unpaired) electrons. The van der Waals surface area contributed by atoms with Gasteiger partial charge in [-0.25, -0.2) is 8.42 Å². The summed E-state index contributed by atoms with van der Waals surface area (Å²) in [6.07, 6.45) is 1.27. The molecule has 6 nitrogen and oxygen atoms in total. The van der Waals surface area contributed by atoms with Gasteiger partial charge in [-0.2, -0.15) is 4.31 Å². The standard InChI is InChI=1S/C13H19N3O3S/c1-10(17)15-12-6-8-16(9-7-12)20(18,19)13-4-2-11(14)3-5-13/h2-5,12H,6-9,14H2,1H3,(H,15,17). The van der Waals surface area contributed by atoms with E-state index in [4.69, 9.17) is 5.73 Å². The highest BCUT2D eigenvalue weighted by Crippen LogP contribution is 2.21. The van der Waals surface area contributed by atoms with Crippen LogP contribution >= 0.6 is 0 Å². The summed E-state index contributed by atoms with van der Waals surface area (Å²) in [7, 11) is -3.47. The maximum atomic E-state index is 12.4. The molecule has 1 aliphatic rings. The Kier molecular flexibility index (Phi) is 4.29. The maximum Gasteiger partial charge on any atom is 0.243 e. The molecule has 0 unspecified atom stereocenters. The zero-order valence-corrected chi connectivity index (χ0v) is 12.2. The van der Waals surface area contributed by atoms with Crippen LogP contribution in [0.15, 0.2) is 29.2 Å². The fourth-order valence-electron chi connectivity index (χ4n) is 2.32. The van der Waals surface area contributed by atoms with Crippen LogP contribution in [-0.2, 0) is 14.8 Å². The fourth-order valence-corrected chi connectivity index (χ4v) is 3.79. The number of nitrogens with two attached hydrogens (primary N) is 1. The van der Waals surface area contributed by atoms with Crippen LogP contribution in [0.25, 0.3) is 0 Å². The number of piperidine rings is 1. The summed E-state index contributed by atoms with van der Waals surface area (Å²) in [6.45, 7) is 2.30. The van der Waals surface area contributed by atoms with Crippen molar-refractivity contribution in [2.75, 3.05) is 18.8 Å². The van der Waals surface area contributed by atoms with Crippen LogP contribution in [-0.4, -0.2) is 37.8 Å². The number of nitrogens with one attached hydrogen (secondary N) is 1. The Morgan fingerprint density at radius 1 is 1.25 bits per heavy atom. The van der Waals surface area contributed by atoms with Crippen molar-refractivity contribution in [3.05, 3.63) is 24.3 Å². The van der Waals surface area contributed by atoms with Gasteiger partial charge in [0.2, 0.25) is 15.9 Å². The summed E-state index contributed by atoms with van der Waals surface area (Å²) in [5.41, 5.74) is 6.10. The smallest absolute Gasteiger partial charge is 0.243 e. The molecule has 0 saturated carbocycles. The Morgan fingerprint density at radius 2 is 1.80 bits per heavy atom. The number of rotatable bonds is 3. The number of nitrogens with zero attached hydrogens (tertiary/aromatic N) is 1. The molecule has 0 atom stereocenters. The van der Waals surface area contributed by atoms with Crippen molar-refractivity contribution < 1.29 is 13.2 Å². The van der Waals surface area contributed by atoms with Crippen LogP contribution in [0.4, 0.5) is 5.69 Å². The minimum atomic E-state index is -3.47. The van der Waals surface area contributed by atoms with Crippen LogP contribution in [0.5, 0.6) is 0 Å². The zero-order valence-electron chi connectivity index (χ0n) is 11.4. The number of nitrogen functional groups attached to an aromatic ring is 1. The number of sulfonamides is 1. The highest BCUT2D eigenvalue weighted by Gasteiger charge is 2.29. The molecule has 0 bridgehead atoms. The number of hydrogen-bond donors (Lipinski definition) is 2. The number of carbonyl (C=O) groups excluding carboxylic acids is 1. The van der Waals surface area contributed by atoms with E-state index in [1.807, 2.05) is 0 Å². The monoisotopic (exact) mass is 297 g/mol. The van der Waals surface area contributed by atoms with E-state index >= 15 is 0 Å². The third kappa shape index (κ3) is 3.29. The first-order valence-electron chi connectivity index (χ1n) is 6.52. The number of amides is 1. The van der Waals surface area contributed by atoms with Gasteiger partial charge in [0.15, 0.2) is 0 Å². The van der Waals surface area contributed by atoms with Crippen LogP contribution in [0.2, 0.25) is 0 Å². The summed E-state index contributed by atoms with van der Waals surface area (Å²) in [5, 5.41) is 2.82. The molecule has 3 N–H and O–H groups in total. The average molecular weight is 297 g/mol. The van der Waals surface area contributed by atoms with Crippen LogP contribution in [0, 0.1) is 0 Å². The van der Waals surface area contributed by atoms with Gasteiger partial charge >= 0.3 is 0 Å². The van der Waals surface area contributed by atoms with Gasteiger partial charge in [0.1, 0.15) is 0 Å². The van der Waals surface area contributed by atoms with E-state index in [0.29, 0.717) is 31.6 Å². The van der Waals surface area contributed by atoms with E-state index in [-0.39, 0.29) is 16.8 Å². The first kappa shape index (κ1) is 14.8. The number of carbonyl (C=O) groups is 1. The largest absolute Gasteiger partial charge is 0.399 e. The summed E-state index contributed by atoms with van der Waals surface area (Å²) < 4.78 is 26.3. The topological polar surface area (TPSA) is 92.5 Å². The van der Waals surface area contributed by atoms with E-state index in [0.717, 1.165) is 0 Å². The van der Waals surface area contributed by atoms with Crippen molar-refractivity contribution >= 4 is 21.6 Å². The molecule has 2 rings (SSSR count). The maximum absolute atomic E-state index is 12.4. The van der Waals surface area contributed by atoms with E-state index < -0.39 is 10.0 Å². The fraction of sp³-hybridized carbons (Fsp3) is 0.462. The van der Waals surface area contributed by atoms with Crippen LogP contribution in [0.3, 0.4) is 0 Å². The normalized spacial score (nSPS) is 17.9. The van der Waals surface area contributed by atoms with Crippen molar-refractivity contribution in [1.29, 1.82) is 0 Å². The Labute approximate surface area is 119 Å². The third-order valence-electron chi connectivity index (χ3n) is 3.38. The van der Waals surface area contributed by atoms with Gasteiger partial charge in [-0.1, -0.05) is 0 Å². The Balaban J connectivity index is 2.05. The Hall–Kier alpha value is -1.60. The molecule has 1 saturated heterocycles. The molecular weight excluding hydrogens is 278 g/mol. The molecule has 0 aromatic heterocycles. The summed E-state index contributed by atoms with van der Waals surface area (Å²) in [4.78, 5) is 11.2. The molecule has 1 aromatic carbocycles. The Morgan fingerprint density at radius 3 is 2.30 bits per heavy atom. The quantitative estimate of drug-likeness (QED) is 0.797. The molecular formula is C13H19N3O3S. The van der Waals surface area contributed by atoms with Crippen LogP contribution < -0.4 is 11.1 Å². The molecule has 7 heteroatoms. The van der Waals surface area contributed by atoms with Gasteiger partial charge in [0.25, 0.3) is 0 Å². The van der Waals surface area contributed by atoms with Gasteiger partial charge in [-0.05, 0) is 37.1 Å². The first-order chi connectivity index (χ1) is 9.39. The summed E-state index contributed by atoms with van der Waals surface area (Å²) in [5.74, 6) is -0.0789. The molecule has 1 heterocycles. The van der Waals surface area contributed by atoms with Gasteiger partial charge in [0, 0.05) is 31.7 Å². The molecule has 1 aromatic rings. The van der Waals surface area contributed by atoms with Gasteiger partial charge < -0.3 is 11.1 Å². The Bertz CT molecular complexity index is 575. The van der Waals surface area contributed by atoms with Crippen molar-refractivity contribution in [1.82, 2.24) is 9.62 Å². The van der Waals surface area contributed by atoms with Gasteiger partial charge in [0.05, 0.1) is 4.90 Å². The lowest BCUT2D eigenvalue weighted by atomic mass is 10.1. The van der Waals surface area contributed by atoms with Gasteiger partial charge in [-0.15, -0.1) is 0 Å². The van der Waals surface area contributed by atoms with Crippen molar-refractivity contribution in [3.63, 3.8) is 0 Å². The second kappa shape index (κ2) is 5.80. The van der Waals surface area contributed by atoms with E-state index in [1.54, 1.807) is 12.1 Å². The highest BCUT2D eigenvalue weighted by molar-refractivity contribution is 7.89. The average Bonchev–Trinajstić information content (AvgIpc) is 2.39. The second-order valence-corrected chi connectivity index (χ2v) is 6.89. The number of hydrogen-bond acceptors (Lipinski definition) is 4. The van der Waals surface area contributed by atoms with Gasteiger partial charge in [-0.3, -0.25) is 4.79 Å². The first-order valence-corrected chi connectivity index (χ1v) is 7.96. The highest BCUT2D eigenvalue weighted by atomic mass is 32.2. The SMILES string of the molecule is CC(=O)NC1CCN(S(=O)(=O)c2ccc(N)cc2)CC1. The predicted octanol–water partition coefficient (Wildman–Crippen LogP) is 0.558. The lowest BCUT2D eigenvalue weighted by Crippen LogP contribution is -2.45. The molecule has 1 aliphatic heterocycles. The number of anilines is 1. The summed E-state index contributed by atoms with van der Waals surface area (Å²) in [6, 6.07) is 6.26. The molecule has 0 spiro atoms. The van der Waals surface area contributed by atoms with Crippen LogP contribution in [0.1, 0.15) is 19.8 Å². The minimum Gasteiger partial charge on any atom is -0.399 e. The third-order valence-corrected chi connectivity index (χ3v) is 5.29. The molecule has 1 amide bonds. The van der Waals surface area contributed by atoms with Crippen molar-refractivity contribution in [3.8, 4) is 0 Å². The lowest BCUT2D eigenvalue weighted by Gasteiger charge is -2.31. The van der Waals surface area contributed by atoms with E-state index in [9.17, 15) is 13.2 Å². The number of benzene rings is 1. The van der Waals surface area contributed by atoms with Crippen molar-refractivity contribution in [2.24, 2.45) is 0 Å². The van der Waals surface area contributed by atoms with E-state index in [1.165, 1.54) is 23.4 Å². The molecule has 1 fully saturated rings. The minimum absolute atomic E-state index is 0.0605. The van der Waals surface area contributed by atoms with E-state index in [2.05, 4.69) is 5.32 Å². The second-order valence-electron chi connectivity index (χ2n) is 4.95. The predicted molar refractivity (Wildman–Crippen MR) is 76.5 cm³/mol. The zero-order chi connectivity index (χ0) is 14.8. The molecule has 20 heavy (non-hydrogen) atoms. The van der Waals surface area contributed by atoms with Crippen molar-refractivity contribution in [2.45, 2.75) is 30.7 Å².